The maximum absolute atomic E-state index is 12.2. The van der Waals surface area contributed by atoms with Crippen molar-refractivity contribution in [2.24, 2.45) is 5.73 Å². The molecule has 1 aromatic carbocycles. The van der Waals surface area contributed by atoms with Crippen LogP contribution in [0.5, 0.6) is 0 Å². The minimum absolute atomic E-state index is 0.118. The van der Waals surface area contributed by atoms with E-state index in [-0.39, 0.29) is 11.1 Å². The van der Waals surface area contributed by atoms with Crippen LogP contribution in [-0.2, 0) is 0 Å². The summed E-state index contributed by atoms with van der Waals surface area (Å²) in [5.74, 6) is -0.828. The molecule has 0 unspecified atom stereocenters. The number of rotatable bonds is 2. The fraction of sp³-hybridized carbons (Fsp3) is 0.125. The van der Waals surface area contributed by atoms with Gasteiger partial charge in [-0.05, 0) is 6.07 Å². The number of primary amides is 1. The van der Waals surface area contributed by atoms with Gasteiger partial charge in [-0.25, -0.2) is 8.78 Å². The lowest BCUT2D eigenvalue weighted by atomic mass is 10.1. The first-order valence-electron chi connectivity index (χ1n) is 4.07. The van der Waals surface area contributed by atoms with Crippen molar-refractivity contribution in [1.29, 1.82) is 0 Å². The number of hydrogen-bond acceptors (Lipinski definition) is 4. The number of amides is 1. The van der Waals surface area contributed by atoms with Crippen LogP contribution >= 0.6 is 0 Å². The molecule has 8 heteroatoms. The summed E-state index contributed by atoms with van der Waals surface area (Å²) in [6, 6.07) is 5.40. The Balaban J connectivity index is 0.000000487. The molecule has 0 aromatic heterocycles. The van der Waals surface area contributed by atoms with Crippen LogP contribution in [0.2, 0.25) is 0 Å². The molecular formula is C8H10BF2NO4. The second-order valence-corrected chi connectivity index (χ2v) is 2.60. The minimum Gasteiger partial charge on any atom is -0.402 e. The number of carbonyl (C=O) groups excluding carboxylic acids is 1. The summed E-state index contributed by atoms with van der Waals surface area (Å²) < 4.78 is 24.4. The van der Waals surface area contributed by atoms with E-state index in [2.05, 4.69) is 0 Å². The molecule has 0 spiro atoms. The third-order valence-corrected chi connectivity index (χ3v) is 1.46. The van der Waals surface area contributed by atoms with Gasteiger partial charge in [-0.15, -0.1) is 0 Å². The minimum atomic E-state index is -2.66. The Kier molecular flexibility index (Phi) is 6.24. The molecule has 0 aliphatic rings. The summed E-state index contributed by atoms with van der Waals surface area (Å²) in [6.07, 6.45) is -2.66. The van der Waals surface area contributed by atoms with Gasteiger partial charge in [-0.2, -0.15) is 0 Å². The Morgan fingerprint density at radius 2 is 1.69 bits per heavy atom. The van der Waals surface area contributed by atoms with Crippen LogP contribution in [0.3, 0.4) is 0 Å². The molecular weight excluding hydrogens is 223 g/mol. The number of carbonyl (C=O) groups is 1. The second-order valence-electron chi connectivity index (χ2n) is 2.60. The summed E-state index contributed by atoms with van der Waals surface area (Å²) in [5, 5.41) is 21.5. The maximum Gasteiger partial charge on any atom is 0.631 e. The molecule has 88 valence electrons. The summed E-state index contributed by atoms with van der Waals surface area (Å²) in [5.41, 5.74) is 4.45. The van der Waals surface area contributed by atoms with Gasteiger partial charge in [0, 0.05) is 11.1 Å². The molecule has 0 aliphatic carbocycles. The number of hydrogen-bond donors (Lipinski definition) is 4. The zero-order valence-electron chi connectivity index (χ0n) is 8.05. The van der Waals surface area contributed by atoms with Crippen LogP contribution in [0.4, 0.5) is 8.78 Å². The molecule has 0 heterocycles. The van der Waals surface area contributed by atoms with Gasteiger partial charge in [0.2, 0.25) is 5.91 Å². The van der Waals surface area contributed by atoms with Gasteiger partial charge in [-0.1, -0.05) is 18.2 Å². The molecule has 0 saturated carbocycles. The van der Waals surface area contributed by atoms with E-state index in [1.165, 1.54) is 24.3 Å². The average Bonchev–Trinajstić information content (AvgIpc) is 2.16. The molecule has 1 aromatic rings. The lowest BCUT2D eigenvalue weighted by molar-refractivity contribution is 0.0986. The molecule has 1 amide bonds. The van der Waals surface area contributed by atoms with Crippen molar-refractivity contribution >= 4 is 13.2 Å². The lowest BCUT2D eigenvalue weighted by Crippen LogP contribution is -2.13. The molecule has 0 fully saturated rings. The van der Waals surface area contributed by atoms with E-state index in [1.807, 2.05) is 0 Å². The van der Waals surface area contributed by atoms with E-state index in [0.717, 1.165) is 0 Å². The highest BCUT2D eigenvalue weighted by Gasteiger charge is 2.14. The van der Waals surface area contributed by atoms with Crippen LogP contribution in [0.1, 0.15) is 22.3 Å². The molecule has 0 radical (unpaired) electrons. The monoisotopic (exact) mass is 233 g/mol. The Labute approximate surface area is 90.3 Å². The van der Waals surface area contributed by atoms with Crippen LogP contribution in [0.25, 0.3) is 0 Å². The van der Waals surface area contributed by atoms with E-state index < -0.39 is 19.7 Å². The molecule has 5 N–H and O–H groups in total. The standard InChI is InChI=1S/C8H7F2NO.BH3O3/c9-7(10)5-3-1-2-4-6(5)8(11)12;2-1(3)4/h1-4,7H,(H2,11,12);2-4H. The van der Waals surface area contributed by atoms with E-state index in [0.29, 0.717) is 0 Å². The summed E-state index contributed by atoms with van der Waals surface area (Å²) >= 11 is 0. The molecule has 0 saturated heterocycles. The van der Waals surface area contributed by atoms with Crippen molar-refractivity contribution in [2.45, 2.75) is 6.43 Å². The Bertz CT molecular complexity index is 346. The molecule has 0 bridgehead atoms. The summed E-state index contributed by atoms with van der Waals surface area (Å²) in [6.45, 7) is 0. The third kappa shape index (κ3) is 5.39. The maximum atomic E-state index is 12.2. The van der Waals surface area contributed by atoms with Crippen LogP contribution in [0, 0.1) is 0 Å². The number of nitrogens with two attached hydrogens (primary N) is 1. The second kappa shape index (κ2) is 6.88. The third-order valence-electron chi connectivity index (χ3n) is 1.46. The van der Waals surface area contributed by atoms with Gasteiger partial charge in [0.05, 0.1) is 0 Å². The van der Waals surface area contributed by atoms with Gasteiger partial charge in [-0.3, -0.25) is 4.79 Å². The van der Waals surface area contributed by atoms with Gasteiger partial charge in [0.25, 0.3) is 6.43 Å². The first-order chi connectivity index (χ1) is 7.36. The Hall–Kier alpha value is -1.51. The largest absolute Gasteiger partial charge is 0.631 e. The van der Waals surface area contributed by atoms with Crippen molar-refractivity contribution in [3.05, 3.63) is 35.4 Å². The van der Waals surface area contributed by atoms with E-state index in [4.69, 9.17) is 20.8 Å². The van der Waals surface area contributed by atoms with Gasteiger partial charge in [0.1, 0.15) is 0 Å². The highest BCUT2D eigenvalue weighted by atomic mass is 19.3. The fourth-order valence-corrected chi connectivity index (χ4v) is 0.912. The number of halogens is 2. The molecule has 0 atom stereocenters. The van der Waals surface area contributed by atoms with E-state index in [1.54, 1.807) is 0 Å². The lowest BCUT2D eigenvalue weighted by Gasteiger charge is -2.03. The van der Waals surface area contributed by atoms with Crippen molar-refractivity contribution in [1.82, 2.24) is 0 Å². The normalized spacial score (nSPS) is 9.38. The fourth-order valence-electron chi connectivity index (χ4n) is 0.912. The predicted octanol–water partition coefficient (Wildman–Crippen LogP) is -0.329. The molecule has 16 heavy (non-hydrogen) atoms. The van der Waals surface area contributed by atoms with Crippen LogP contribution in [-0.4, -0.2) is 28.3 Å². The number of benzene rings is 1. The van der Waals surface area contributed by atoms with Gasteiger partial charge >= 0.3 is 7.32 Å². The summed E-state index contributed by atoms with van der Waals surface area (Å²) in [7, 11) is -2.17. The highest BCUT2D eigenvalue weighted by Crippen LogP contribution is 2.21. The van der Waals surface area contributed by atoms with Crippen LogP contribution < -0.4 is 5.73 Å². The first-order valence-corrected chi connectivity index (χ1v) is 4.07. The van der Waals surface area contributed by atoms with Crippen molar-refractivity contribution in [2.75, 3.05) is 0 Å². The van der Waals surface area contributed by atoms with Crippen LogP contribution in [0.15, 0.2) is 24.3 Å². The van der Waals surface area contributed by atoms with Gasteiger partial charge < -0.3 is 20.8 Å². The Morgan fingerprint density at radius 3 is 2.00 bits per heavy atom. The first kappa shape index (κ1) is 14.5. The quantitative estimate of drug-likeness (QED) is 0.525. The average molecular weight is 233 g/mol. The smallest absolute Gasteiger partial charge is 0.402 e. The molecule has 1 rings (SSSR count). The zero-order valence-corrected chi connectivity index (χ0v) is 8.05. The van der Waals surface area contributed by atoms with Crippen molar-refractivity contribution < 1.29 is 28.6 Å². The predicted molar refractivity (Wildman–Crippen MR) is 52.3 cm³/mol. The van der Waals surface area contributed by atoms with Crippen molar-refractivity contribution in [3.8, 4) is 0 Å². The molecule has 0 aliphatic heterocycles. The molecule has 5 nitrogen and oxygen atoms in total. The Morgan fingerprint density at radius 1 is 1.25 bits per heavy atom. The zero-order chi connectivity index (χ0) is 12.7. The van der Waals surface area contributed by atoms with Crippen molar-refractivity contribution in [3.63, 3.8) is 0 Å². The number of alkyl halides is 2. The van der Waals surface area contributed by atoms with E-state index in [9.17, 15) is 13.6 Å². The SMILES string of the molecule is NC(=O)c1ccccc1C(F)F.OB(O)O. The van der Waals surface area contributed by atoms with E-state index >= 15 is 0 Å². The highest BCUT2D eigenvalue weighted by molar-refractivity contribution is 6.30. The summed E-state index contributed by atoms with van der Waals surface area (Å²) in [4.78, 5) is 10.6. The van der Waals surface area contributed by atoms with Gasteiger partial charge in [0.15, 0.2) is 0 Å². The topological polar surface area (TPSA) is 104 Å².